The molecule has 1 saturated heterocycles. The van der Waals surface area contributed by atoms with E-state index in [4.69, 9.17) is 4.74 Å². The number of thioether (sulfide) groups is 2. The van der Waals surface area contributed by atoms with Crippen LogP contribution in [-0.2, 0) is 19.1 Å². The molecule has 0 aromatic rings. The summed E-state index contributed by atoms with van der Waals surface area (Å²) in [5, 5.41) is 0.523. The Morgan fingerprint density at radius 2 is 2.16 bits per heavy atom. The molecule has 0 bridgehead atoms. The first-order valence-electron chi connectivity index (χ1n) is 5.79. The van der Waals surface area contributed by atoms with Gasteiger partial charge < -0.3 is 9.64 Å². The third kappa shape index (κ3) is 4.01. The number of carbonyl (C=O) groups is 3. The van der Waals surface area contributed by atoms with Gasteiger partial charge >= 0.3 is 5.97 Å². The van der Waals surface area contributed by atoms with Crippen molar-refractivity contribution in [3.8, 4) is 0 Å². The summed E-state index contributed by atoms with van der Waals surface area (Å²) in [6.45, 7) is 5.26. The molecule has 0 spiro atoms. The monoisotopic (exact) mass is 303 g/mol. The third-order valence-electron chi connectivity index (χ3n) is 2.50. The van der Waals surface area contributed by atoms with Crippen LogP contribution in [-0.4, -0.2) is 46.0 Å². The number of carbonyl (C=O) groups excluding carboxylic acids is 3. The van der Waals surface area contributed by atoms with E-state index in [0.29, 0.717) is 17.4 Å². The summed E-state index contributed by atoms with van der Waals surface area (Å²) in [5.41, 5.74) is 0. The Kier molecular flexibility index (Phi) is 5.49. The van der Waals surface area contributed by atoms with Crippen LogP contribution in [0.1, 0.15) is 20.8 Å². The van der Waals surface area contributed by atoms with Gasteiger partial charge in [-0.05, 0) is 13.8 Å². The summed E-state index contributed by atoms with van der Waals surface area (Å²) in [4.78, 5) is 36.0. The van der Waals surface area contributed by atoms with Crippen LogP contribution < -0.4 is 0 Å². The van der Waals surface area contributed by atoms with E-state index in [-0.39, 0.29) is 11.0 Å². The van der Waals surface area contributed by atoms with Gasteiger partial charge in [-0.15, -0.1) is 0 Å². The lowest BCUT2D eigenvalue weighted by Crippen LogP contribution is -2.36. The van der Waals surface area contributed by atoms with Gasteiger partial charge in [-0.25, -0.2) is 4.79 Å². The minimum absolute atomic E-state index is 0.0277. The number of esters is 1. The zero-order valence-electron chi connectivity index (χ0n) is 11.4. The van der Waals surface area contributed by atoms with Gasteiger partial charge in [0.1, 0.15) is 4.75 Å². The summed E-state index contributed by atoms with van der Waals surface area (Å²) in [7, 11) is 1.62. The third-order valence-corrected chi connectivity index (χ3v) is 5.18. The summed E-state index contributed by atoms with van der Waals surface area (Å²) < 4.78 is 4.11. The minimum atomic E-state index is -0.719. The van der Waals surface area contributed by atoms with Crippen molar-refractivity contribution in [1.82, 2.24) is 4.90 Å². The molecule has 1 heterocycles. The second-order valence-corrected chi connectivity index (χ2v) is 6.89. The first-order chi connectivity index (χ1) is 8.80. The number of rotatable bonds is 4. The van der Waals surface area contributed by atoms with Gasteiger partial charge in [-0.2, -0.15) is 0 Å². The van der Waals surface area contributed by atoms with Crippen molar-refractivity contribution in [3.05, 3.63) is 11.1 Å². The molecule has 19 heavy (non-hydrogen) atoms. The van der Waals surface area contributed by atoms with Gasteiger partial charge in [0.25, 0.3) is 0 Å². The Balaban J connectivity index is 2.83. The van der Waals surface area contributed by atoms with Crippen molar-refractivity contribution in [2.75, 3.05) is 19.4 Å². The number of hydrogen-bond donors (Lipinski definition) is 0. The number of amides is 1. The van der Waals surface area contributed by atoms with Crippen LogP contribution in [0.3, 0.4) is 0 Å². The van der Waals surface area contributed by atoms with E-state index in [9.17, 15) is 14.4 Å². The maximum atomic E-state index is 12.2. The predicted molar refractivity (Wildman–Crippen MR) is 76.6 cm³/mol. The van der Waals surface area contributed by atoms with Crippen LogP contribution in [0.5, 0.6) is 0 Å². The molecule has 1 rings (SSSR count). The number of nitrogens with zero attached hydrogens (tertiary/aromatic N) is 1. The quantitative estimate of drug-likeness (QED) is 0.581. The molecule has 7 heteroatoms. The van der Waals surface area contributed by atoms with Crippen molar-refractivity contribution in [2.24, 2.45) is 0 Å². The molecule has 1 atom stereocenters. The first-order valence-corrected chi connectivity index (χ1v) is 7.59. The Labute approximate surface area is 121 Å². The molecule has 0 aromatic heterocycles. The van der Waals surface area contributed by atoms with Crippen LogP contribution >= 0.6 is 23.5 Å². The molecule has 1 fully saturated rings. The Bertz CT molecular complexity index is 435. The second kappa shape index (κ2) is 6.47. The topological polar surface area (TPSA) is 63.7 Å². The Morgan fingerprint density at radius 3 is 2.68 bits per heavy atom. The molecule has 1 aliphatic heterocycles. The Morgan fingerprint density at radius 1 is 1.53 bits per heavy atom. The lowest BCUT2D eigenvalue weighted by atomic mass is 10.2. The summed E-state index contributed by atoms with van der Waals surface area (Å²) in [5.74, 6) is -0.189. The minimum Gasteiger partial charge on any atom is -0.463 e. The maximum absolute atomic E-state index is 12.2. The van der Waals surface area contributed by atoms with E-state index in [1.807, 2.05) is 0 Å². The van der Waals surface area contributed by atoms with Crippen molar-refractivity contribution in [3.63, 3.8) is 0 Å². The lowest BCUT2D eigenvalue weighted by Gasteiger charge is -2.18. The normalized spacial score (nSPS) is 24.9. The standard InChI is InChI=1S/C12H17NO4S2/c1-5-17-10(15)6-9-13(4)11(16)12(3,19-9)7-18-8(2)14/h6H,5,7H2,1-4H3/b9-6-. The highest BCUT2D eigenvalue weighted by Gasteiger charge is 2.45. The van der Waals surface area contributed by atoms with E-state index < -0.39 is 10.7 Å². The van der Waals surface area contributed by atoms with Crippen LogP contribution in [0.4, 0.5) is 0 Å². The van der Waals surface area contributed by atoms with Gasteiger partial charge in [0.15, 0.2) is 5.12 Å². The molecule has 0 aliphatic carbocycles. The van der Waals surface area contributed by atoms with E-state index in [1.165, 1.54) is 29.7 Å². The molecular weight excluding hydrogens is 286 g/mol. The average Bonchev–Trinajstić information content (AvgIpc) is 2.53. The number of hydrogen-bond acceptors (Lipinski definition) is 6. The largest absolute Gasteiger partial charge is 0.463 e. The summed E-state index contributed by atoms with van der Waals surface area (Å²) in [6.07, 6.45) is 1.32. The van der Waals surface area contributed by atoms with E-state index in [1.54, 1.807) is 20.9 Å². The fraction of sp³-hybridized carbons (Fsp3) is 0.583. The van der Waals surface area contributed by atoms with Gasteiger partial charge in [-0.1, -0.05) is 23.5 Å². The van der Waals surface area contributed by atoms with Crippen LogP contribution in [0.2, 0.25) is 0 Å². The van der Waals surface area contributed by atoms with Crippen molar-refractivity contribution < 1.29 is 19.1 Å². The molecule has 0 saturated carbocycles. The van der Waals surface area contributed by atoms with Crippen LogP contribution in [0, 0.1) is 0 Å². The first kappa shape index (κ1) is 16.1. The SMILES string of the molecule is CCOC(=O)/C=C1\SC(C)(CSC(C)=O)C(=O)N1C. The summed E-state index contributed by atoms with van der Waals surface area (Å²) >= 11 is 2.40. The smallest absolute Gasteiger partial charge is 0.333 e. The molecule has 1 amide bonds. The fourth-order valence-electron chi connectivity index (χ4n) is 1.54. The average molecular weight is 303 g/mol. The van der Waals surface area contributed by atoms with Gasteiger partial charge in [0, 0.05) is 19.7 Å². The van der Waals surface area contributed by atoms with Gasteiger partial charge in [0.05, 0.1) is 17.7 Å². The van der Waals surface area contributed by atoms with E-state index >= 15 is 0 Å². The molecule has 0 aromatic carbocycles. The Hall–Kier alpha value is -0.950. The molecule has 0 N–H and O–H groups in total. The molecule has 106 valence electrons. The molecule has 1 unspecified atom stereocenters. The highest BCUT2D eigenvalue weighted by Crippen LogP contribution is 2.44. The highest BCUT2D eigenvalue weighted by molar-refractivity contribution is 8.15. The molecule has 1 aliphatic rings. The van der Waals surface area contributed by atoms with Crippen LogP contribution in [0.15, 0.2) is 11.1 Å². The van der Waals surface area contributed by atoms with Crippen molar-refractivity contribution in [1.29, 1.82) is 0 Å². The zero-order chi connectivity index (χ0) is 14.6. The number of ether oxygens (including phenoxy) is 1. The van der Waals surface area contributed by atoms with Crippen molar-refractivity contribution in [2.45, 2.75) is 25.5 Å². The maximum Gasteiger partial charge on any atom is 0.333 e. The van der Waals surface area contributed by atoms with E-state index in [0.717, 1.165) is 11.8 Å². The van der Waals surface area contributed by atoms with Gasteiger partial charge in [-0.3, -0.25) is 9.59 Å². The van der Waals surface area contributed by atoms with Crippen LogP contribution in [0.25, 0.3) is 0 Å². The van der Waals surface area contributed by atoms with Crippen molar-refractivity contribution >= 4 is 40.5 Å². The summed E-state index contributed by atoms with van der Waals surface area (Å²) in [6, 6.07) is 0. The van der Waals surface area contributed by atoms with E-state index in [2.05, 4.69) is 0 Å². The van der Waals surface area contributed by atoms with Gasteiger partial charge in [0.2, 0.25) is 5.91 Å². The second-order valence-electron chi connectivity index (χ2n) is 4.21. The predicted octanol–water partition coefficient (Wildman–Crippen LogP) is 1.63. The highest BCUT2D eigenvalue weighted by atomic mass is 32.2. The molecule has 0 radical (unpaired) electrons. The fourth-order valence-corrected chi connectivity index (χ4v) is 3.61. The molecule has 5 nitrogen and oxygen atoms in total. The zero-order valence-corrected chi connectivity index (χ0v) is 13.0. The lowest BCUT2D eigenvalue weighted by molar-refractivity contribution is -0.137. The molecular formula is C12H17NO4S2.